The van der Waals surface area contributed by atoms with Crippen LogP contribution in [0.15, 0.2) is 52.9 Å². The average Bonchev–Trinajstić information content (AvgIpc) is 3.13. The highest BCUT2D eigenvalue weighted by Crippen LogP contribution is 2.30. The molecule has 2 heterocycles. The second-order valence-corrected chi connectivity index (χ2v) is 5.43. The van der Waals surface area contributed by atoms with Gasteiger partial charge in [0, 0.05) is 5.39 Å². The first-order valence-corrected chi connectivity index (χ1v) is 7.20. The molecule has 3 nitrogen and oxygen atoms in total. The molecule has 1 aliphatic heterocycles. The molecule has 106 valence electrons. The van der Waals surface area contributed by atoms with Gasteiger partial charge in [0.25, 0.3) is 0 Å². The third-order valence-electron chi connectivity index (χ3n) is 4.10. The van der Waals surface area contributed by atoms with Crippen molar-refractivity contribution in [1.29, 1.82) is 0 Å². The van der Waals surface area contributed by atoms with Gasteiger partial charge in [-0.05, 0) is 35.9 Å². The lowest BCUT2D eigenvalue weighted by atomic mass is 9.99. The van der Waals surface area contributed by atoms with E-state index in [1.54, 1.807) is 0 Å². The fraction of sp³-hybridized carbons (Fsp3) is 0.222. The molecule has 1 atom stereocenters. The SMILES string of the molecule is CNC(c1ccc2c(c1)COC2)c1cc2ccccc2o1. The van der Waals surface area contributed by atoms with E-state index in [2.05, 4.69) is 35.6 Å². The summed E-state index contributed by atoms with van der Waals surface area (Å²) in [4.78, 5) is 0. The zero-order valence-electron chi connectivity index (χ0n) is 11.9. The number of benzene rings is 2. The minimum atomic E-state index is 0.0586. The van der Waals surface area contributed by atoms with Gasteiger partial charge in [-0.25, -0.2) is 0 Å². The molecule has 0 saturated heterocycles. The first-order chi connectivity index (χ1) is 10.3. The topological polar surface area (TPSA) is 34.4 Å². The number of hydrogen-bond acceptors (Lipinski definition) is 3. The third kappa shape index (κ3) is 2.15. The number of furan rings is 1. The highest BCUT2D eigenvalue weighted by molar-refractivity contribution is 5.78. The monoisotopic (exact) mass is 279 g/mol. The summed E-state index contributed by atoms with van der Waals surface area (Å²) in [6, 6.07) is 16.8. The molecule has 0 amide bonds. The molecule has 21 heavy (non-hydrogen) atoms. The summed E-state index contributed by atoms with van der Waals surface area (Å²) in [6.45, 7) is 1.43. The number of fused-ring (bicyclic) bond motifs is 2. The first-order valence-electron chi connectivity index (χ1n) is 7.20. The molecule has 4 rings (SSSR count). The van der Waals surface area contributed by atoms with E-state index in [4.69, 9.17) is 9.15 Å². The molecule has 0 aliphatic carbocycles. The Hall–Kier alpha value is -2.10. The Morgan fingerprint density at radius 2 is 1.86 bits per heavy atom. The molecular formula is C18H17NO2. The van der Waals surface area contributed by atoms with E-state index in [1.807, 2.05) is 25.2 Å². The maximum absolute atomic E-state index is 6.00. The van der Waals surface area contributed by atoms with E-state index in [0.717, 1.165) is 23.3 Å². The summed E-state index contributed by atoms with van der Waals surface area (Å²) < 4.78 is 11.5. The summed E-state index contributed by atoms with van der Waals surface area (Å²) in [5.74, 6) is 0.942. The number of para-hydroxylation sites is 1. The summed E-state index contributed by atoms with van der Waals surface area (Å²) >= 11 is 0. The van der Waals surface area contributed by atoms with Crippen LogP contribution < -0.4 is 5.32 Å². The molecule has 0 radical (unpaired) electrons. The summed E-state index contributed by atoms with van der Waals surface area (Å²) in [6.07, 6.45) is 0. The average molecular weight is 279 g/mol. The lowest BCUT2D eigenvalue weighted by Crippen LogP contribution is -2.17. The summed E-state index contributed by atoms with van der Waals surface area (Å²) in [7, 11) is 1.96. The second kappa shape index (κ2) is 5.02. The van der Waals surface area contributed by atoms with Gasteiger partial charge in [0.2, 0.25) is 0 Å². The van der Waals surface area contributed by atoms with Gasteiger partial charge in [0.05, 0.1) is 19.3 Å². The third-order valence-corrected chi connectivity index (χ3v) is 4.10. The molecule has 3 aromatic rings. The van der Waals surface area contributed by atoms with Gasteiger partial charge in [-0.1, -0.05) is 36.4 Å². The molecular weight excluding hydrogens is 262 g/mol. The van der Waals surface area contributed by atoms with Crippen LogP contribution in [0.1, 0.15) is 28.5 Å². The molecule has 0 spiro atoms. The minimum Gasteiger partial charge on any atom is -0.459 e. The zero-order valence-corrected chi connectivity index (χ0v) is 11.9. The molecule has 0 fully saturated rings. The Kier molecular flexibility index (Phi) is 3.02. The van der Waals surface area contributed by atoms with E-state index in [9.17, 15) is 0 Å². The number of hydrogen-bond donors (Lipinski definition) is 1. The molecule has 1 N–H and O–H groups in total. The van der Waals surface area contributed by atoms with E-state index < -0.39 is 0 Å². The minimum absolute atomic E-state index is 0.0586. The van der Waals surface area contributed by atoms with Crippen LogP contribution in [0.2, 0.25) is 0 Å². The Labute approximate surface area is 123 Å². The Balaban J connectivity index is 1.77. The van der Waals surface area contributed by atoms with Gasteiger partial charge in [-0.15, -0.1) is 0 Å². The fourth-order valence-corrected chi connectivity index (χ4v) is 2.99. The predicted octanol–water partition coefficient (Wildman–Crippen LogP) is 3.77. The van der Waals surface area contributed by atoms with Gasteiger partial charge in [0.15, 0.2) is 0 Å². The van der Waals surface area contributed by atoms with Gasteiger partial charge < -0.3 is 14.5 Å². The highest BCUT2D eigenvalue weighted by atomic mass is 16.5. The lowest BCUT2D eigenvalue weighted by molar-refractivity contribution is 0.134. The fourth-order valence-electron chi connectivity index (χ4n) is 2.99. The van der Waals surface area contributed by atoms with Crippen molar-refractivity contribution in [2.45, 2.75) is 19.3 Å². The van der Waals surface area contributed by atoms with Gasteiger partial charge >= 0.3 is 0 Å². The van der Waals surface area contributed by atoms with Crippen LogP contribution in [0, 0.1) is 0 Å². The van der Waals surface area contributed by atoms with Gasteiger partial charge in [0.1, 0.15) is 11.3 Å². The van der Waals surface area contributed by atoms with Crippen molar-refractivity contribution in [2.24, 2.45) is 0 Å². The molecule has 0 bridgehead atoms. The van der Waals surface area contributed by atoms with E-state index in [-0.39, 0.29) is 6.04 Å². The first kappa shape index (κ1) is 12.6. The molecule has 3 heteroatoms. The van der Waals surface area contributed by atoms with Crippen molar-refractivity contribution in [2.75, 3.05) is 7.05 Å². The maximum atomic E-state index is 6.00. The van der Waals surface area contributed by atoms with Crippen molar-refractivity contribution in [1.82, 2.24) is 5.32 Å². The normalized spacial score (nSPS) is 15.3. The van der Waals surface area contributed by atoms with Crippen LogP contribution in [0.25, 0.3) is 11.0 Å². The van der Waals surface area contributed by atoms with Crippen LogP contribution in [0.5, 0.6) is 0 Å². The Morgan fingerprint density at radius 3 is 2.71 bits per heavy atom. The van der Waals surface area contributed by atoms with E-state index in [0.29, 0.717) is 6.61 Å². The largest absolute Gasteiger partial charge is 0.459 e. The molecule has 1 aliphatic rings. The maximum Gasteiger partial charge on any atom is 0.134 e. The van der Waals surface area contributed by atoms with Gasteiger partial charge in [-0.3, -0.25) is 0 Å². The van der Waals surface area contributed by atoms with E-state index in [1.165, 1.54) is 16.7 Å². The number of nitrogens with one attached hydrogen (secondary N) is 1. The Bertz CT molecular complexity index is 758. The quantitative estimate of drug-likeness (QED) is 0.792. The van der Waals surface area contributed by atoms with Crippen LogP contribution >= 0.6 is 0 Å². The number of ether oxygens (including phenoxy) is 1. The van der Waals surface area contributed by atoms with Crippen molar-refractivity contribution in [3.8, 4) is 0 Å². The van der Waals surface area contributed by atoms with Crippen LogP contribution in [-0.2, 0) is 18.0 Å². The predicted molar refractivity (Wildman–Crippen MR) is 82.1 cm³/mol. The van der Waals surface area contributed by atoms with Crippen LogP contribution in [0.3, 0.4) is 0 Å². The second-order valence-electron chi connectivity index (χ2n) is 5.43. The standard InChI is InChI=1S/C18H17NO2/c1-19-18(13-6-7-14-10-20-11-15(14)8-13)17-9-12-4-2-3-5-16(12)21-17/h2-9,18-19H,10-11H2,1H3. The van der Waals surface area contributed by atoms with Crippen LogP contribution in [-0.4, -0.2) is 7.05 Å². The molecule has 1 aromatic heterocycles. The van der Waals surface area contributed by atoms with Gasteiger partial charge in [-0.2, -0.15) is 0 Å². The number of rotatable bonds is 3. The smallest absolute Gasteiger partial charge is 0.134 e. The Morgan fingerprint density at radius 1 is 1.00 bits per heavy atom. The van der Waals surface area contributed by atoms with Crippen molar-refractivity contribution >= 4 is 11.0 Å². The molecule has 1 unspecified atom stereocenters. The summed E-state index contributed by atoms with van der Waals surface area (Å²) in [5.41, 5.74) is 4.71. The van der Waals surface area contributed by atoms with Crippen molar-refractivity contribution in [3.05, 3.63) is 71.0 Å². The molecule has 0 saturated carbocycles. The zero-order chi connectivity index (χ0) is 14.2. The van der Waals surface area contributed by atoms with Crippen LogP contribution in [0.4, 0.5) is 0 Å². The van der Waals surface area contributed by atoms with Crippen molar-refractivity contribution < 1.29 is 9.15 Å². The highest BCUT2D eigenvalue weighted by Gasteiger charge is 2.19. The van der Waals surface area contributed by atoms with Crippen molar-refractivity contribution in [3.63, 3.8) is 0 Å². The lowest BCUT2D eigenvalue weighted by Gasteiger charge is -2.15. The summed E-state index contributed by atoms with van der Waals surface area (Å²) in [5, 5.41) is 4.49. The van der Waals surface area contributed by atoms with E-state index >= 15 is 0 Å². The molecule has 2 aromatic carbocycles.